The van der Waals surface area contributed by atoms with Gasteiger partial charge in [-0.25, -0.2) is 4.98 Å². The van der Waals surface area contributed by atoms with Crippen LogP contribution in [0.5, 0.6) is 0 Å². The zero-order valence-corrected chi connectivity index (χ0v) is 11.5. The summed E-state index contributed by atoms with van der Waals surface area (Å²) >= 11 is 0. The fourth-order valence-corrected chi connectivity index (χ4v) is 2.71. The minimum atomic E-state index is 0.257. The first-order valence-corrected chi connectivity index (χ1v) is 6.88. The lowest BCUT2D eigenvalue weighted by atomic mass is 10.1. The van der Waals surface area contributed by atoms with E-state index in [9.17, 15) is 0 Å². The number of hydrogen-bond donors (Lipinski definition) is 2. The number of nitrogens with two attached hydrogens (primary N) is 1. The van der Waals surface area contributed by atoms with Gasteiger partial charge in [-0.2, -0.15) is 4.98 Å². The van der Waals surface area contributed by atoms with Gasteiger partial charge in [-0.15, -0.1) is 0 Å². The SMILES string of the molecule is CC(C)c1cc(N2CC3NCCOC3C2)nc(N)n1. The first kappa shape index (κ1) is 12.6. The molecule has 6 nitrogen and oxygen atoms in total. The maximum Gasteiger partial charge on any atom is 0.222 e. The van der Waals surface area contributed by atoms with Gasteiger partial charge in [-0.3, -0.25) is 0 Å². The molecule has 2 aliphatic heterocycles. The minimum Gasteiger partial charge on any atom is -0.373 e. The van der Waals surface area contributed by atoms with Crippen LogP contribution in [0.25, 0.3) is 0 Å². The second kappa shape index (κ2) is 4.94. The molecule has 0 amide bonds. The highest BCUT2D eigenvalue weighted by atomic mass is 16.5. The molecule has 2 unspecified atom stereocenters. The van der Waals surface area contributed by atoms with Crippen molar-refractivity contribution in [2.75, 3.05) is 36.9 Å². The number of fused-ring (bicyclic) bond motifs is 1. The molecule has 19 heavy (non-hydrogen) atoms. The first-order chi connectivity index (χ1) is 9.13. The van der Waals surface area contributed by atoms with Crippen molar-refractivity contribution in [3.8, 4) is 0 Å². The number of hydrogen-bond acceptors (Lipinski definition) is 6. The number of ether oxygens (including phenoxy) is 1. The van der Waals surface area contributed by atoms with Gasteiger partial charge in [0.25, 0.3) is 0 Å². The van der Waals surface area contributed by atoms with Crippen LogP contribution < -0.4 is 16.0 Å². The van der Waals surface area contributed by atoms with Crippen molar-refractivity contribution in [3.05, 3.63) is 11.8 Å². The van der Waals surface area contributed by atoms with Gasteiger partial charge in [-0.05, 0) is 5.92 Å². The van der Waals surface area contributed by atoms with Crippen molar-refractivity contribution >= 4 is 11.8 Å². The average molecular weight is 263 g/mol. The quantitative estimate of drug-likeness (QED) is 0.802. The van der Waals surface area contributed by atoms with E-state index in [4.69, 9.17) is 10.5 Å². The maximum absolute atomic E-state index is 5.82. The Labute approximate surface area is 113 Å². The van der Waals surface area contributed by atoms with E-state index < -0.39 is 0 Å². The standard InChI is InChI=1S/C13H21N5O/c1-8(2)9-5-12(17-13(14)16-9)18-6-10-11(7-18)19-4-3-15-10/h5,8,10-11,15H,3-4,6-7H2,1-2H3,(H2,14,16,17). The van der Waals surface area contributed by atoms with E-state index in [1.807, 2.05) is 6.07 Å². The third-order valence-corrected chi connectivity index (χ3v) is 3.77. The molecule has 0 bridgehead atoms. The summed E-state index contributed by atoms with van der Waals surface area (Å²) in [7, 11) is 0. The first-order valence-electron chi connectivity index (χ1n) is 6.88. The Balaban J connectivity index is 1.82. The van der Waals surface area contributed by atoms with Gasteiger partial charge in [0.2, 0.25) is 5.95 Å². The number of aromatic nitrogens is 2. The number of rotatable bonds is 2. The second-order valence-corrected chi connectivity index (χ2v) is 5.54. The predicted octanol–water partition coefficient (Wildman–Crippen LogP) is 0.359. The molecule has 104 valence electrons. The Bertz CT molecular complexity index is 450. The molecule has 0 spiro atoms. The molecule has 3 N–H and O–H groups in total. The van der Waals surface area contributed by atoms with E-state index in [2.05, 4.69) is 34.0 Å². The number of anilines is 2. The summed E-state index contributed by atoms with van der Waals surface area (Å²) < 4.78 is 5.78. The molecule has 1 aromatic heterocycles. The fraction of sp³-hybridized carbons (Fsp3) is 0.692. The lowest BCUT2D eigenvalue weighted by molar-refractivity contribution is 0.0212. The van der Waals surface area contributed by atoms with E-state index >= 15 is 0 Å². The highest BCUT2D eigenvalue weighted by Crippen LogP contribution is 2.25. The minimum absolute atomic E-state index is 0.257. The van der Waals surface area contributed by atoms with Gasteiger partial charge in [0.1, 0.15) is 5.82 Å². The van der Waals surface area contributed by atoms with Gasteiger partial charge >= 0.3 is 0 Å². The molecule has 2 aliphatic rings. The van der Waals surface area contributed by atoms with Crippen LogP contribution in [0.15, 0.2) is 6.07 Å². The number of nitrogens with zero attached hydrogens (tertiary/aromatic N) is 3. The summed E-state index contributed by atoms with van der Waals surface area (Å²) in [6, 6.07) is 2.44. The second-order valence-electron chi connectivity index (χ2n) is 5.54. The molecular formula is C13H21N5O. The van der Waals surface area contributed by atoms with E-state index in [-0.39, 0.29) is 6.10 Å². The molecule has 2 fully saturated rings. The summed E-state index contributed by atoms with van der Waals surface area (Å²) in [5.74, 6) is 1.62. The van der Waals surface area contributed by atoms with E-state index in [0.29, 0.717) is 17.9 Å². The third kappa shape index (κ3) is 2.50. The topological polar surface area (TPSA) is 76.3 Å². The monoisotopic (exact) mass is 263 g/mol. The van der Waals surface area contributed by atoms with Crippen LogP contribution in [-0.2, 0) is 4.74 Å². The number of morpholine rings is 1. The van der Waals surface area contributed by atoms with Crippen LogP contribution in [0.4, 0.5) is 11.8 Å². The van der Waals surface area contributed by atoms with Crippen molar-refractivity contribution in [1.82, 2.24) is 15.3 Å². The Morgan fingerprint density at radius 2 is 2.26 bits per heavy atom. The predicted molar refractivity (Wildman–Crippen MR) is 74.3 cm³/mol. The molecule has 2 atom stereocenters. The third-order valence-electron chi connectivity index (χ3n) is 3.77. The fourth-order valence-electron chi connectivity index (χ4n) is 2.71. The highest BCUT2D eigenvalue weighted by molar-refractivity contribution is 5.46. The molecule has 2 saturated heterocycles. The molecular weight excluding hydrogens is 242 g/mol. The zero-order valence-electron chi connectivity index (χ0n) is 11.5. The zero-order chi connectivity index (χ0) is 13.4. The van der Waals surface area contributed by atoms with Crippen molar-refractivity contribution in [2.45, 2.75) is 31.9 Å². The van der Waals surface area contributed by atoms with Crippen LogP contribution in [0.2, 0.25) is 0 Å². The molecule has 1 aromatic rings. The van der Waals surface area contributed by atoms with Crippen molar-refractivity contribution in [2.24, 2.45) is 0 Å². The van der Waals surface area contributed by atoms with Crippen LogP contribution in [-0.4, -0.2) is 48.4 Å². The van der Waals surface area contributed by atoms with E-state index in [0.717, 1.165) is 37.8 Å². The van der Waals surface area contributed by atoms with Gasteiger partial charge in [0, 0.05) is 25.7 Å². The Hall–Kier alpha value is -1.40. The lowest BCUT2D eigenvalue weighted by Crippen LogP contribution is -2.47. The maximum atomic E-state index is 5.82. The molecule has 0 radical (unpaired) electrons. The van der Waals surface area contributed by atoms with Gasteiger partial charge in [-0.1, -0.05) is 13.8 Å². The number of nitrogen functional groups attached to an aromatic ring is 1. The van der Waals surface area contributed by atoms with E-state index in [1.165, 1.54) is 0 Å². The average Bonchev–Trinajstić information content (AvgIpc) is 2.81. The van der Waals surface area contributed by atoms with Gasteiger partial charge in [0.15, 0.2) is 0 Å². The molecule has 3 rings (SSSR count). The highest BCUT2D eigenvalue weighted by Gasteiger charge is 2.36. The van der Waals surface area contributed by atoms with E-state index in [1.54, 1.807) is 0 Å². The molecule has 0 aliphatic carbocycles. The summed E-state index contributed by atoms with van der Waals surface area (Å²) in [6.45, 7) is 7.72. The van der Waals surface area contributed by atoms with Crippen molar-refractivity contribution < 1.29 is 4.74 Å². The molecule has 3 heterocycles. The van der Waals surface area contributed by atoms with Crippen LogP contribution in [0.1, 0.15) is 25.5 Å². The Kier molecular flexibility index (Phi) is 3.28. The number of nitrogens with one attached hydrogen (secondary N) is 1. The lowest BCUT2D eigenvalue weighted by Gasteiger charge is -2.25. The molecule has 0 aromatic carbocycles. The van der Waals surface area contributed by atoms with Gasteiger partial charge < -0.3 is 20.7 Å². The molecule has 6 heteroatoms. The smallest absolute Gasteiger partial charge is 0.222 e. The Morgan fingerprint density at radius 1 is 1.42 bits per heavy atom. The van der Waals surface area contributed by atoms with Crippen LogP contribution >= 0.6 is 0 Å². The van der Waals surface area contributed by atoms with Crippen molar-refractivity contribution in [3.63, 3.8) is 0 Å². The van der Waals surface area contributed by atoms with Crippen molar-refractivity contribution in [1.29, 1.82) is 0 Å². The summed E-state index contributed by atoms with van der Waals surface area (Å²) in [5.41, 5.74) is 6.81. The van der Waals surface area contributed by atoms with Crippen LogP contribution in [0.3, 0.4) is 0 Å². The molecule has 0 saturated carbocycles. The largest absolute Gasteiger partial charge is 0.373 e. The summed E-state index contributed by atoms with van der Waals surface area (Å²) in [4.78, 5) is 10.9. The van der Waals surface area contributed by atoms with Gasteiger partial charge in [0.05, 0.1) is 24.4 Å². The van der Waals surface area contributed by atoms with Crippen LogP contribution in [0, 0.1) is 0 Å². The summed E-state index contributed by atoms with van der Waals surface area (Å²) in [5, 5.41) is 3.49. The normalized spacial score (nSPS) is 26.8. The summed E-state index contributed by atoms with van der Waals surface area (Å²) in [6.07, 6.45) is 0.257. The Morgan fingerprint density at radius 3 is 3.00 bits per heavy atom.